The standard InChI is InChI=1S/C30H27ClN2O5S/c1-30(2,3)17-12-10-16(11-13-17)25-24(26(34)18-14-19(31)22(38-5)15-21(18)37-4)27(35)28(36)33(25)29-32-20-8-6-7-9-23(20)39-29/h6-15,25,34H,1-5H3/b26-24+. The highest BCUT2D eigenvalue weighted by Gasteiger charge is 2.48. The molecule has 0 bridgehead atoms. The summed E-state index contributed by atoms with van der Waals surface area (Å²) < 4.78 is 11.6. The zero-order chi connectivity index (χ0) is 28.1. The van der Waals surface area contributed by atoms with Gasteiger partial charge in [0.2, 0.25) is 0 Å². The third-order valence-electron chi connectivity index (χ3n) is 6.75. The molecule has 1 N–H and O–H groups in total. The van der Waals surface area contributed by atoms with Crippen LogP contribution in [-0.4, -0.2) is 36.0 Å². The van der Waals surface area contributed by atoms with E-state index >= 15 is 0 Å². The lowest BCUT2D eigenvalue weighted by molar-refractivity contribution is -0.132. The van der Waals surface area contributed by atoms with Crippen molar-refractivity contribution in [3.05, 3.63) is 87.9 Å². The van der Waals surface area contributed by atoms with Crippen molar-refractivity contribution in [2.45, 2.75) is 32.2 Å². The maximum absolute atomic E-state index is 13.6. The van der Waals surface area contributed by atoms with E-state index in [-0.39, 0.29) is 27.3 Å². The normalized spacial score (nSPS) is 17.2. The summed E-state index contributed by atoms with van der Waals surface area (Å²) in [6, 6.07) is 17.3. The number of hydrogen-bond donors (Lipinski definition) is 1. The van der Waals surface area contributed by atoms with E-state index in [4.69, 9.17) is 21.1 Å². The lowest BCUT2D eigenvalue weighted by Gasteiger charge is -2.25. The molecule has 1 aliphatic heterocycles. The van der Waals surface area contributed by atoms with Gasteiger partial charge in [0, 0.05) is 6.07 Å². The third kappa shape index (κ3) is 4.64. The highest BCUT2D eigenvalue weighted by atomic mass is 35.5. The van der Waals surface area contributed by atoms with E-state index in [0.717, 1.165) is 10.3 Å². The number of thiazole rings is 1. The summed E-state index contributed by atoms with van der Waals surface area (Å²) in [5, 5.41) is 12.2. The molecule has 9 heteroatoms. The minimum absolute atomic E-state index is 0.0812. The Morgan fingerprint density at radius 1 is 1.00 bits per heavy atom. The number of anilines is 1. The van der Waals surface area contributed by atoms with Crippen molar-refractivity contribution < 1.29 is 24.2 Å². The first-order valence-electron chi connectivity index (χ1n) is 12.2. The van der Waals surface area contributed by atoms with Crippen LogP contribution in [0.15, 0.2) is 66.2 Å². The van der Waals surface area contributed by atoms with Gasteiger partial charge in [-0.15, -0.1) is 0 Å². The van der Waals surface area contributed by atoms with Gasteiger partial charge in [0.25, 0.3) is 5.78 Å². The molecule has 1 atom stereocenters. The molecule has 1 aliphatic rings. The summed E-state index contributed by atoms with van der Waals surface area (Å²) in [6.45, 7) is 6.32. The number of nitrogens with zero attached hydrogens (tertiary/aromatic N) is 2. The SMILES string of the molecule is COc1cc(OC)c(/C(O)=C2\C(=O)C(=O)N(c3nc4ccccc4s3)C2c2ccc(C(C)(C)C)cc2)cc1Cl. The van der Waals surface area contributed by atoms with Crippen LogP contribution in [0.25, 0.3) is 16.0 Å². The van der Waals surface area contributed by atoms with Crippen LogP contribution in [0, 0.1) is 0 Å². The van der Waals surface area contributed by atoms with Gasteiger partial charge in [0.1, 0.15) is 17.3 Å². The second kappa shape index (κ2) is 10.0. The van der Waals surface area contributed by atoms with Crippen molar-refractivity contribution in [3.63, 3.8) is 0 Å². The van der Waals surface area contributed by atoms with Crippen LogP contribution in [0.2, 0.25) is 5.02 Å². The molecule has 2 heterocycles. The van der Waals surface area contributed by atoms with Crippen molar-refractivity contribution in [3.8, 4) is 11.5 Å². The maximum atomic E-state index is 13.6. The highest BCUT2D eigenvalue weighted by molar-refractivity contribution is 7.22. The first kappa shape index (κ1) is 26.7. The van der Waals surface area contributed by atoms with Gasteiger partial charge in [-0.25, -0.2) is 4.98 Å². The molecule has 39 heavy (non-hydrogen) atoms. The van der Waals surface area contributed by atoms with Gasteiger partial charge in [-0.05, 0) is 34.7 Å². The average molecular weight is 563 g/mol. The van der Waals surface area contributed by atoms with Crippen LogP contribution in [0.1, 0.15) is 43.5 Å². The molecule has 4 aromatic rings. The zero-order valence-corrected chi connectivity index (χ0v) is 23.7. The summed E-state index contributed by atoms with van der Waals surface area (Å²) in [4.78, 5) is 33.2. The molecule has 1 amide bonds. The fraction of sp³-hybridized carbons (Fsp3) is 0.233. The second-order valence-corrected chi connectivity index (χ2v) is 11.6. The first-order chi connectivity index (χ1) is 18.5. The topological polar surface area (TPSA) is 89.0 Å². The summed E-state index contributed by atoms with van der Waals surface area (Å²) in [5.41, 5.74) is 2.45. The summed E-state index contributed by atoms with van der Waals surface area (Å²) in [7, 11) is 2.90. The second-order valence-electron chi connectivity index (χ2n) is 10.2. The van der Waals surface area contributed by atoms with Gasteiger partial charge < -0.3 is 14.6 Å². The quantitative estimate of drug-likeness (QED) is 0.162. The van der Waals surface area contributed by atoms with Gasteiger partial charge in [0.15, 0.2) is 5.13 Å². The molecule has 1 aromatic heterocycles. The number of carbonyl (C=O) groups excluding carboxylic acids is 2. The number of hydrogen-bond acceptors (Lipinski definition) is 7. The van der Waals surface area contributed by atoms with E-state index in [1.807, 2.05) is 48.5 Å². The van der Waals surface area contributed by atoms with Gasteiger partial charge in [-0.1, -0.05) is 80.1 Å². The Kier molecular flexibility index (Phi) is 6.86. The number of rotatable bonds is 5. The Morgan fingerprint density at radius 2 is 1.67 bits per heavy atom. The van der Waals surface area contributed by atoms with Gasteiger partial charge in [-0.2, -0.15) is 0 Å². The number of methoxy groups -OCH3 is 2. The number of ketones is 1. The van der Waals surface area contributed by atoms with Gasteiger partial charge in [-0.3, -0.25) is 14.5 Å². The maximum Gasteiger partial charge on any atom is 0.301 e. The summed E-state index contributed by atoms with van der Waals surface area (Å²) in [6.07, 6.45) is 0. The number of halogens is 1. The fourth-order valence-corrected chi connectivity index (χ4v) is 5.90. The van der Waals surface area contributed by atoms with E-state index in [0.29, 0.717) is 22.0 Å². The first-order valence-corrected chi connectivity index (χ1v) is 13.4. The Hall–Kier alpha value is -3.88. The molecular weight excluding hydrogens is 536 g/mol. The molecule has 5 rings (SSSR count). The molecule has 0 aliphatic carbocycles. The third-order valence-corrected chi connectivity index (χ3v) is 8.09. The number of aliphatic hydroxyl groups is 1. The van der Waals surface area contributed by atoms with Crippen LogP contribution in [0.3, 0.4) is 0 Å². The monoisotopic (exact) mass is 562 g/mol. The van der Waals surface area contributed by atoms with Crippen molar-refractivity contribution >= 4 is 55.7 Å². The Balaban J connectivity index is 1.75. The molecule has 1 fully saturated rings. The number of carbonyl (C=O) groups is 2. The molecule has 0 radical (unpaired) electrons. The lowest BCUT2D eigenvalue weighted by atomic mass is 9.85. The number of amides is 1. The molecule has 1 saturated heterocycles. The summed E-state index contributed by atoms with van der Waals surface area (Å²) >= 11 is 7.68. The average Bonchev–Trinajstić information content (AvgIpc) is 3.46. The van der Waals surface area contributed by atoms with Crippen molar-refractivity contribution in [2.24, 2.45) is 0 Å². The largest absolute Gasteiger partial charge is 0.507 e. The fourth-order valence-electron chi connectivity index (χ4n) is 4.66. The summed E-state index contributed by atoms with van der Waals surface area (Å²) in [5.74, 6) is -1.43. The van der Waals surface area contributed by atoms with Crippen LogP contribution >= 0.6 is 22.9 Å². The Bertz CT molecular complexity index is 1600. The van der Waals surface area contributed by atoms with Crippen LogP contribution < -0.4 is 14.4 Å². The number of ether oxygens (including phenoxy) is 2. The van der Waals surface area contributed by atoms with Gasteiger partial charge >= 0.3 is 5.91 Å². The number of Topliss-reactive ketones (excluding diaryl/α,β-unsaturated/α-hetero) is 1. The van der Waals surface area contributed by atoms with E-state index in [1.165, 1.54) is 42.6 Å². The molecular formula is C30H27ClN2O5S. The molecule has 1 unspecified atom stereocenters. The minimum Gasteiger partial charge on any atom is -0.507 e. The molecule has 0 saturated carbocycles. The molecule has 3 aromatic carbocycles. The van der Waals surface area contributed by atoms with E-state index in [2.05, 4.69) is 25.8 Å². The van der Waals surface area contributed by atoms with Crippen LogP contribution in [0.5, 0.6) is 11.5 Å². The zero-order valence-electron chi connectivity index (χ0n) is 22.1. The van der Waals surface area contributed by atoms with Crippen molar-refractivity contribution in [1.82, 2.24) is 4.98 Å². The van der Waals surface area contributed by atoms with E-state index < -0.39 is 23.5 Å². The van der Waals surface area contributed by atoms with Gasteiger partial charge in [0.05, 0.1) is 46.6 Å². The predicted molar refractivity (Wildman–Crippen MR) is 154 cm³/mol. The van der Waals surface area contributed by atoms with Crippen molar-refractivity contribution in [1.29, 1.82) is 0 Å². The highest BCUT2D eigenvalue weighted by Crippen LogP contribution is 2.46. The number of para-hydroxylation sites is 1. The predicted octanol–water partition coefficient (Wildman–Crippen LogP) is 6.89. The Labute approximate surface area is 235 Å². The van der Waals surface area contributed by atoms with Crippen LogP contribution in [-0.2, 0) is 15.0 Å². The molecule has 7 nitrogen and oxygen atoms in total. The molecule has 200 valence electrons. The smallest absolute Gasteiger partial charge is 0.301 e. The van der Waals surface area contributed by atoms with Crippen LogP contribution in [0.4, 0.5) is 5.13 Å². The van der Waals surface area contributed by atoms with Crippen molar-refractivity contribution in [2.75, 3.05) is 19.1 Å². The lowest BCUT2D eigenvalue weighted by Crippen LogP contribution is -2.29. The number of benzene rings is 3. The number of fused-ring (bicyclic) bond motifs is 1. The number of aliphatic hydroxyl groups excluding tert-OH is 1. The van der Waals surface area contributed by atoms with E-state index in [1.54, 1.807) is 0 Å². The minimum atomic E-state index is -0.926. The number of aromatic nitrogens is 1. The Morgan fingerprint density at radius 3 is 2.28 bits per heavy atom. The molecule has 0 spiro atoms. The van der Waals surface area contributed by atoms with E-state index in [9.17, 15) is 14.7 Å².